The SMILES string of the molecule is CCCCC(CN)NC(=O)c1ccn(-c2ccccc2)n1. The molecule has 1 unspecified atom stereocenters. The lowest BCUT2D eigenvalue weighted by molar-refractivity contribution is 0.0930. The molecule has 5 heteroatoms. The Bertz CT molecular complexity index is 565. The number of unbranched alkanes of at least 4 members (excludes halogenated alkanes) is 1. The highest BCUT2D eigenvalue weighted by Crippen LogP contribution is 2.07. The van der Waals surface area contributed by atoms with Gasteiger partial charge in [-0.3, -0.25) is 4.79 Å². The van der Waals surface area contributed by atoms with Crippen LogP contribution < -0.4 is 11.1 Å². The van der Waals surface area contributed by atoms with E-state index < -0.39 is 0 Å². The average molecular weight is 286 g/mol. The van der Waals surface area contributed by atoms with Crippen molar-refractivity contribution in [2.75, 3.05) is 6.54 Å². The van der Waals surface area contributed by atoms with Crippen molar-refractivity contribution < 1.29 is 4.79 Å². The van der Waals surface area contributed by atoms with Crippen LogP contribution in [0.25, 0.3) is 5.69 Å². The van der Waals surface area contributed by atoms with Gasteiger partial charge in [0, 0.05) is 18.8 Å². The Morgan fingerprint density at radius 1 is 1.33 bits per heavy atom. The normalized spacial score (nSPS) is 12.1. The molecular weight excluding hydrogens is 264 g/mol. The summed E-state index contributed by atoms with van der Waals surface area (Å²) < 4.78 is 1.69. The maximum absolute atomic E-state index is 12.2. The van der Waals surface area contributed by atoms with Crippen molar-refractivity contribution >= 4 is 5.91 Å². The third-order valence-electron chi connectivity index (χ3n) is 3.37. The topological polar surface area (TPSA) is 72.9 Å². The highest BCUT2D eigenvalue weighted by Gasteiger charge is 2.14. The number of amides is 1. The van der Waals surface area contributed by atoms with Crippen LogP contribution >= 0.6 is 0 Å². The van der Waals surface area contributed by atoms with Crippen LogP contribution in [0.1, 0.15) is 36.7 Å². The number of rotatable bonds is 7. The molecule has 1 aromatic carbocycles. The smallest absolute Gasteiger partial charge is 0.272 e. The second-order valence-electron chi connectivity index (χ2n) is 5.03. The van der Waals surface area contributed by atoms with Gasteiger partial charge in [0.25, 0.3) is 5.91 Å². The van der Waals surface area contributed by atoms with E-state index in [4.69, 9.17) is 5.73 Å². The summed E-state index contributed by atoms with van der Waals surface area (Å²) in [7, 11) is 0. The molecule has 0 aliphatic heterocycles. The lowest BCUT2D eigenvalue weighted by atomic mass is 10.1. The number of aromatic nitrogens is 2. The molecule has 1 amide bonds. The van der Waals surface area contributed by atoms with E-state index in [1.807, 2.05) is 30.3 Å². The first-order chi connectivity index (χ1) is 10.2. The highest BCUT2D eigenvalue weighted by molar-refractivity contribution is 5.92. The summed E-state index contributed by atoms with van der Waals surface area (Å²) in [5, 5.41) is 7.25. The molecule has 0 saturated carbocycles. The van der Waals surface area contributed by atoms with Gasteiger partial charge in [-0.05, 0) is 24.6 Å². The predicted octanol–water partition coefficient (Wildman–Crippen LogP) is 2.12. The number of hydrogen-bond donors (Lipinski definition) is 2. The van der Waals surface area contributed by atoms with Crippen LogP contribution in [0.2, 0.25) is 0 Å². The number of hydrogen-bond acceptors (Lipinski definition) is 3. The van der Waals surface area contributed by atoms with Gasteiger partial charge in [-0.2, -0.15) is 5.10 Å². The van der Waals surface area contributed by atoms with Crippen molar-refractivity contribution in [3.63, 3.8) is 0 Å². The lowest BCUT2D eigenvalue weighted by Gasteiger charge is -2.15. The van der Waals surface area contributed by atoms with E-state index in [-0.39, 0.29) is 11.9 Å². The molecule has 21 heavy (non-hydrogen) atoms. The van der Waals surface area contributed by atoms with E-state index in [9.17, 15) is 4.79 Å². The number of carbonyl (C=O) groups excluding carboxylic acids is 1. The number of nitrogens with two attached hydrogens (primary N) is 1. The van der Waals surface area contributed by atoms with Gasteiger partial charge in [0.1, 0.15) is 0 Å². The number of nitrogens with one attached hydrogen (secondary N) is 1. The Labute approximate surface area is 125 Å². The number of nitrogens with zero attached hydrogens (tertiary/aromatic N) is 2. The van der Waals surface area contributed by atoms with Crippen LogP contribution in [-0.4, -0.2) is 28.3 Å². The molecule has 0 spiro atoms. The molecule has 112 valence electrons. The standard InChI is InChI=1S/C16H22N4O/c1-2-3-7-13(12-17)18-16(21)15-10-11-20(19-15)14-8-5-4-6-9-14/h4-6,8-11,13H,2-3,7,12,17H2,1H3,(H,18,21). The molecule has 1 atom stereocenters. The quantitative estimate of drug-likeness (QED) is 0.819. The van der Waals surface area contributed by atoms with Crippen LogP contribution in [0.3, 0.4) is 0 Å². The van der Waals surface area contributed by atoms with E-state index >= 15 is 0 Å². The molecule has 0 radical (unpaired) electrons. The van der Waals surface area contributed by atoms with Crippen LogP contribution in [0, 0.1) is 0 Å². The summed E-state index contributed by atoms with van der Waals surface area (Å²) in [6.45, 7) is 2.57. The Hall–Kier alpha value is -2.14. The molecule has 5 nitrogen and oxygen atoms in total. The molecule has 0 aliphatic rings. The minimum absolute atomic E-state index is 0.0133. The van der Waals surface area contributed by atoms with Crippen LogP contribution in [-0.2, 0) is 0 Å². The molecule has 1 heterocycles. The molecule has 0 fully saturated rings. The van der Waals surface area contributed by atoms with Crippen molar-refractivity contribution in [1.82, 2.24) is 15.1 Å². The predicted molar refractivity (Wildman–Crippen MR) is 83.4 cm³/mol. The van der Waals surface area contributed by atoms with Crippen molar-refractivity contribution in [2.45, 2.75) is 32.2 Å². The van der Waals surface area contributed by atoms with Crippen molar-refractivity contribution in [3.05, 3.63) is 48.3 Å². The minimum atomic E-state index is -0.170. The maximum Gasteiger partial charge on any atom is 0.272 e. The zero-order valence-corrected chi connectivity index (χ0v) is 12.3. The van der Waals surface area contributed by atoms with E-state index in [0.29, 0.717) is 12.2 Å². The molecule has 3 N–H and O–H groups in total. The fourth-order valence-electron chi connectivity index (χ4n) is 2.13. The average Bonchev–Trinajstić information content (AvgIpc) is 3.02. The molecular formula is C16H22N4O. The summed E-state index contributed by atoms with van der Waals surface area (Å²) in [4.78, 5) is 12.2. The molecule has 0 aliphatic carbocycles. The van der Waals surface area contributed by atoms with E-state index in [1.165, 1.54) is 0 Å². The first-order valence-corrected chi connectivity index (χ1v) is 7.36. The van der Waals surface area contributed by atoms with Crippen LogP contribution in [0.5, 0.6) is 0 Å². The fourth-order valence-corrected chi connectivity index (χ4v) is 2.13. The summed E-state index contributed by atoms with van der Waals surface area (Å²) >= 11 is 0. The zero-order chi connectivity index (χ0) is 15.1. The minimum Gasteiger partial charge on any atom is -0.347 e. The van der Waals surface area contributed by atoms with Gasteiger partial charge in [0.05, 0.1) is 5.69 Å². The summed E-state index contributed by atoms with van der Waals surface area (Å²) in [6.07, 6.45) is 4.83. The fraction of sp³-hybridized carbons (Fsp3) is 0.375. The summed E-state index contributed by atoms with van der Waals surface area (Å²) in [5.41, 5.74) is 7.04. The van der Waals surface area contributed by atoms with Gasteiger partial charge in [-0.15, -0.1) is 0 Å². The maximum atomic E-state index is 12.2. The number of para-hydroxylation sites is 1. The second kappa shape index (κ2) is 7.59. The van der Waals surface area contributed by atoms with Gasteiger partial charge in [-0.25, -0.2) is 4.68 Å². The summed E-state index contributed by atoms with van der Waals surface area (Å²) in [6, 6.07) is 11.4. The van der Waals surface area contributed by atoms with Crippen LogP contribution in [0.15, 0.2) is 42.6 Å². The lowest BCUT2D eigenvalue weighted by Crippen LogP contribution is -2.40. The Balaban J connectivity index is 2.02. The highest BCUT2D eigenvalue weighted by atomic mass is 16.2. The van der Waals surface area contributed by atoms with E-state index in [2.05, 4.69) is 17.3 Å². The number of benzene rings is 1. The Kier molecular flexibility index (Phi) is 5.51. The zero-order valence-electron chi connectivity index (χ0n) is 12.3. The van der Waals surface area contributed by atoms with Crippen molar-refractivity contribution in [1.29, 1.82) is 0 Å². The van der Waals surface area contributed by atoms with Crippen molar-refractivity contribution in [2.24, 2.45) is 5.73 Å². The van der Waals surface area contributed by atoms with Gasteiger partial charge < -0.3 is 11.1 Å². The first kappa shape index (κ1) is 15.3. The molecule has 0 bridgehead atoms. The van der Waals surface area contributed by atoms with E-state index in [1.54, 1.807) is 16.9 Å². The number of carbonyl (C=O) groups is 1. The third-order valence-corrected chi connectivity index (χ3v) is 3.37. The monoisotopic (exact) mass is 286 g/mol. The summed E-state index contributed by atoms with van der Waals surface area (Å²) in [5.74, 6) is -0.170. The van der Waals surface area contributed by atoms with E-state index in [0.717, 1.165) is 24.9 Å². The molecule has 2 rings (SSSR count). The molecule has 2 aromatic rings. The molecule has 0 saturated heterocycles. The van der Waals surface area contributed by atoms with Gasteiger partial charge >= 0.3 is 0 Å². The van der Waals surface area contributed by atoms with Gasteiger partial charge in [0.2, 0.25) is 0 Å². The largest absolute Gasteiger partial charge is 0.347 e. The Morgan fingerprint density at radius 3 is 2.76 bits per heavy atom. The first-order valence-electron chi connectivity index (χ1n) is 7.36. The van der Waals surface area contributed by atoms with Crippen LogP contribution in [0.4, 0.5) is 0 Å². The molecule has 1 aromatic heterocycles. The van der Waals surface area contributed by atoms with Gasteiger partial charge in [-0.1, -0.05) is 38.0 Å². The second-order valence-corrected chi connectivity index (χ2v) is 5.03. The van der Waals surface area contributed by atoms with Crippen molar-refractivity contribution in [3.8, 4) is 5.69 Å². The Morgan fingerprint density at radius 2 is 2.10 bits per heavy atom. The van der Waals surface area contributed by atoms with Gasteiger partial charge in [0.15, 0.2) is 5.69 Å². The third kappa shape index (κ3) is 4.16.